The van der Waals surface area contributed by atoms with Crippen LogP contribution in [-0.2, 0) is 21.2 Å². The summed E-state index contributed by atoms with van der Waals surface area (Å²) < 4.78 is 32.2. The van der Waals surface area contributed by atoms with Crippen LogP contribution in [0.25, 0.3) is 0 Å². The number of carbonyl (C=O) groups excluding carboxylic acids is 1. The Morgan fingerprint density at radius 2 is 1.65 bits per heavy atom. The fourth-order valence-corrected chi connectivity index (χ4v) is 4.84. The lowest BCUT2D eigenvalue weighted by Crippen LogP contribution is -2.50. The summed E-state index contributed by atoms with van der Waals surface area (Å²) >= 11 is 5.85. The second-order valence-corrected chi connectivity index (χ2v) is 9.45. The molecule has 1 N–H and O–H groups in total. The van der Waals surface area contributed by atoms with E-state index in [1.807, 2.05) is 12.1 Å². The number of halogens is 2. The van der Waals surface area contributed by atoms with Crippen molar-refractivity contribution in [3.05, 3.63) is 59.1 Å². The van der Waals surface area contributed by atoms with E-state index in [1.54, 1.807) is 43.5 Å². The number of ether oxygens (including phenoxy) is 1. The number of benzene rings is 2. The molecule has 0 radical (unpaired) electrons. The lowest BCUT2D eigenvalue weighted by atomic mass is 10.1. The van der Waals surface area contributed by atoms with Gasteiger partial charge in [-0.25, -0.2) is 8.42 Å². The maximum absolute atomic E-state index is 12.8. The number of piperazine rings is 1. The minimum absolute atomic E-state index is 0. The molecule has 0 atom stereocenters. The fraction of sp³-hybridized carbons (Fsp3) is 0.381. The summed E-state index contributed by atoms with van der Waals surface area (Å²) in [5.74, 6) is 0.579. The van der Waals surface area contributed by atoms with Crippen molar-refractivity contribution in [1.82, 2.24) is 14.5 Å². The van der Waals surface area contributed by atoms with Crippen LogP contribution >= 0.6 is 24.0 Å². The van der Waals surface area contributed by atoms with Gasteiger partial charge in [0.15, 0.2) is 0 Å². The molecular formula is C21H27Cl2N3O4S. The van der Waals surface area contributed by atoms with E-state index in [2.05, 4.69) is 10.2 Å². The molecule has 1 aliphatic rings. The molecule has 1 amide bonds. The summed E-state index contributed by atoms with van der Waals surface area (Å²) in [5, 5.41) is 3.56. The van der Waals surface area contributed by atoms with E-state index in [0.717, 1.165) is 5.56 Å². The summed E-state index contributed by atoms with van der Waals surface area (Å²) in [4.78, 5) is 14.5. The highest BCUT2D eigenvalue weighted by Gasteiger charge is 2.28. The van der Waals surface area contributed by atoms with Gasteiger partial charge in [0.1, 0.15) is 5.75 Å². The summed E-state index contributed by atoms with van der Waals surface area (Å²) in [5.41, 5.74) is 0.911. The lowest BCUT2D eigenvalue weighted by Gasteiger charge is -2.34. The fourth-order valence-electron chi connectivity index (χ4n) is 3.29. The predicted octanol–water partition coefficient (Wildman–Crippen LogP) is 2.44. The Morgan fingerprint density at radius 1 is 1.03 bits per heavy atom. The molecule has 0 unspecified atom stereocenters. The number of nitrogens with zero attached hydrogens (tertiary/aromatic N) is 2. The number of amides is 1. The Morgan fingerprint density at radius 3 is 2.23 bits per heavy atom. The molecule has 7 nitrogen and oxygen atoms in total. The minimum atomic E-state index is -3.51. The second kappa shape index (κ2) is 11.7. The van der Waals surface area contributed by atoms with Crippen LogP contribution in [0, 0.1) is 0 Å². The van der Waals surface area contributed by atoms with Crippen LogP contribution in [0.4, 0.5) is 0 Å². The van der Waals surface area contributed by atoms with Crippen molar-refractivity contribution in [3.8, 4) is 5.75 Å². The van der Waals surface area contributed by atoms with Crippen LogP contribution in [0.5, 0.6) is 5.75 Å². The highest BCUT2D eigenvalue weighted by atomic mass is 35.5. The van der Waals surface area contributed by atoms with Crippen molar-refractivity contribution in [2.75, 3.05) is 46.4 Å². The molecular weight excluding hydrogens is 461 g/mol. The van der Waals surface area contributed by atoms with Gasteiger partial charge in [0.25, 0.3) is 0 Å². The first-order valence-electron chi connectivity index (χ1n) is 9.76. The number of hydrogen-bond donors (Lipinski definition) is 1. The highest BCUT2D eigenvalue weighted by Crippen LogP contribution is 2.20. The number of hydrogen-bond acceptors (Lipinski definition) is 5. The van der Waals surface area contributed by atoms with Crippen LogP contribution in [-0.4, -0.2) is 69.9 Å². The molecule has 0 aromatic heterocycles. The average Bonchev–Trinajstić information content (AvgIpc) is 2.76. The Labute approximate surface area is 194 Å². The molecule has 3 rings (SSSR count). The van der Waals surface area contributed by atoms with Crippen molar-refractivity contribution >= 4 is 39.9 Å². The standard InChI is InChI=1S/C21H26ClN3O4S.ClH/c1-29-19-6-8-20(9-7-19)30(27,28)25-14-12-24(13-15-25)11-10-23-21(26)16-17-2-4-18(22)5-3-17;/h2-9H,10-16H2,1H3,(H,23,26);1H. The van der Waals surface area contributed by atoms with Gasteiger partial charge in [0.05, 0.1) is 18.4 Å². The van der Waals surface area contributed by atoms with E-state index in [9.17, 15) is 13.2 Å². The quantitative estimate of drug-likeness (QED) is 0.618. The first-order valence-corrected chi connectivity index (χ1v) is 11.6. The predicted molar refractivity (Wildman–Crippen MR) is 124 cm³/mol. The van der Waals surface area contributed by atoms with Gasteiger partial charge in [0, 0.05) is 44.3 Å². The van der Waals surface area contributed by atoms with E-state index in [1.165, 1.54) is 4.31 Å². The van der Waals surface area contributed by atoms with Crippen LogP contribution < -0.4 is 10.1 Å². The maximum Gasteiger partial charge on any atom is 0.243 e. The molecule has 2 aromatic carbocycles. The zero-order valence-electron chi connectivity index (χ0n) is 17.3. The van der Waals surface area contributed by atoms with Gasteiger partial charge in [-0.15, -0.1) is 12.4 Å². The summed E-state index contributed by atoms with van der Waals surface area (Å²) in [6, 6.07) is 13.6. The van der Waals surface area contributed by atoms with Gasteiger partial charge in [-0.3, -0.25) is 9.69 Å². The second-order valence-electron chi connectivity index (χ2n) is 7.07. The Bertz CT molecular complexity index is 946. The zero-order valence-corrected chi connectivity index (χ0v) is 19.7. The zero-order chi connectivity index (χ0) is 21.6. The minimum Gasteiger partial charge on any atom is -0.497 e. The van der Waals surface area contributed by atoms with E-state index in [4.69, 9.17) is 16.3 Å². The number of sulfonamides is 1. The smallest absolute Gasteiger partial charge is 0.243 e. The van der Waals surface area contributed by atoms with Crippen LogP contribution in [0.3, 0.4) is 0 Å². The molecule has 1 aliphatic heterocycles. The van der Waals surface area contributed by atoms with Crippen LogP contribution in [0.15, 0.2) is 53.4 Å². The molecule has 170 valence electrons. The van der Waals surface area contributed by atoms with Crippen LogP contribution in [0.2, 0.25) is 5.02 Å². The topological polar surface area (TPSA) is 79.0 Å². The van der Waals surface area contributed by atoms with Crippen molar-refractivity contribution in [1.29, 1.82) is 0 Å². The van der Waals surface area contributed by atoms with E-state index in [0.29, 0.717) is 56.5 Å². The van der Waals surface area contributed by atoms with Gasteiger partial charge >= 0.3 is 0 Å². The normalized spacial score (nSPS) is 15.2. The Hall–Kier alpha value is -1.84. The first kappa shape index (κ1) is 25.4. The molecule has 10 heteroatoms. The number of rotatable bonds is 8. The Kier molecular flexibility index (Phi) is 9.58. The molecule has 0 spiro atoms. The SMILES string of the molecule is COc1ccc(S(=O)(=O)N2CCN(CCNC(=O)Cc3ccc(Cl)cc3)CC2)cc1.Cl. The highest BCUT2D eigenvalue weighted by molar-refractivity contribution is 7.89. The molecule has 31 heavy (non-hydrogen) atoms. The molecule has 1 saturated heterocycles. The third kappa shape index (κ3) is 7.08. The van der Waals surface area contributed by atoms with Crippen molar-refractivity contribution in [2.24, 2.45) is 0 Å². The van der Waals surface area contributed by atoms with E-state index < -0.39 is 10.0 Å². The van der Waals surface area contributed by atoms with Gasteiger partial charge in [0.2, 0.25) is 15.9 Å². The van der Waals surface area contributed by atoms with Crippen molar-refractivity contribution in [2.45, 2.75) is 11.3 Å². The number of nitrogens with one attached hydrogen (secondary N) is 1. The first-order chi connectivity index (χ1) is 14.4. The van der Waals surface area contributed by atoms with E-state index >= 15 is 0 Å². The average molecular weight is 488 g/mol. The van der Waals surface area contributed by atoms with Crippen molar-refractivity contribution < 1.29 is 17.9 Å². The maximum atomic E-state index is 12.8. The summed E-state index contributed by atoms with van der Waals surface area (Å²) in [7, 11) is -1.97. The summed E-state index contributed by atoms with van der Waals surface area (Å²) in [6.07, 6.45) is 0.311. The molecule has 1 fully saturated rings. The molecule has 2 aromatic rings. The number of methoxy groups -OCH3 is 1. The van der Waals surface area contributed by atoms with Gasteiger partial charge in [-0.2, -0.15) is 4.31 Å². The van der Waals surface area contributed by atoms with Crippen LogP contribution in [0.1, 0.15) is 5.56 Å². The molecule has 0 aliphatic carbocycles. The third-order valence-electron chi connectivity index (χ3n) is 5.06. The number of carbonyl (C=O) groups is 1. The lowest BCUT2D eigenvalue weighted by molar-refractivity contribution is -0.120. The van der Waals surface area contributed by atoms with E-state index in [-0.39, 0.29) is 23.2 Å². The van der Waals surface area contributed by atoms with Gasteiger partial charge in [-0.05, 0) is 42.0 Å². The molecule has 0 saturated carbocycles. The van der Waals surface area contributed by atoms with Crippen molar-refractivity contribution in [3.63, 3.8) is 0 Å². The monoisotopic (exact) mass is 487 g/mol. The van der Waals surface area contributed by atoms with Gasteiger partial charge < -0.3 is 10.1 Å². The molecule has 1 heterocycles. The van der Waals surface area contributed by atoms with Gasteiger partial charge in [-0.1, -0.05) is 23.7 Å². The summed E-state index contributed by atoms with van der Waals surface area (Å²) in [6.45, 7) is 3.31. The third-order valence-corrected chi connectivity index (χ3v) is 7.22. The Balaban J connectivity index is 0.00000341. The largest absolute Gasteiger partial charge is 0.497 e. The molecule has 0 bridgehead atoms.